The van der Waals surface area contributed by atoms with E-state index < -0.39 is 10.0 Å². The molecule has 2 fully saturated rings. The highest BCUT2D eigenvalue weighted by Crippen LogP contribution is 2.35. The number of rotatable bonds is 7. The summed E-state index contributed by atoms with van der Waals surface area (Å²) in [5.74, 6) is -0.120. The van der Waals surface area contributed by atoms with Gasteiger partial charge in [0.1, 0.15) is 0 Å². The van der Waals surface area contributed by atoms with Gasteiger partial charge in [-0.3, -0.25) is 4.79 Å². The van der Waals surface area contributed by atoms with Gasteiger partial charge in [-0.15, -0.1) is 0 Å². The second-order valence-electron chi connectivity index (χ2n) is 9.47. The number of nitrogens with one attached hydrogen (secondary N) is 1. The second-order valence-corrected chi connectivity index (χ2v) is 12.7. The van der Waals surface area contributed by atoms with Crippen LogP contribution in [0.25, 0.3) is 0 Å². The van der Waals surface area contributed by atoms with Crippen molar-refractivity contribution in [3.63, 3.8) is 0 Å². The SMILES string of the molecule is Cc1nc(S[C@H](C)C(=O)Nc2ccc(S(=O)(=O)N3CCCCC3)cc2)n(C2CCCCC2)c1C. The molecule has 1 aliphatic carbocycles. The maximum atomic E-state index is 12.9. The number of carbonyl (C=O) groups excluding carboxylic acids is 1. The lowest BCUT2D eigenvalue weighted by Gasteiger charge is -2.26. The van der Waals surface area contributed by atoms with Crippen molar-refractivity contribution in [2.45, 2.75) is 93.5 Å². The first kappa shape index (κ1) is 25.3. The third-order valence-corrected chi connectivity index (χ3v) is 10.00. The van der Waals surface area contributed by atoms with Gasteiger partial charge in [-0.05, 0) is 70.7 Å². The van der Waals surface area contributed by atoms with E-state index in [0.29, 0.717) is 24.8 Å². The Bertz CT molecular complexity index is 1100. The fraction of sp³-hybridized carbons (Fsp3) is 0.600. The molecule has 7 nitrogen and oxygen atoms in total. The molecule has 2 aliphatic rings. The van der Waals surface area contributed by atoms with Gasteiger partial charge >= 0.3 is 0 Å². The number of sulfonamides is 1. The van der Waals surface area contributed by atoms with Crippen LogP contribution in [-0.4, -0.2) is 46.5 Å². The summed E-state index contributed by atoms with van der Waals surface area (Å²) in [6, 6.07) is 6.97. The number of benzene rings is 1. The van der Waals surface area contributed by atoms with Gasteiger partial charge in [0.2, 0.25) is 15.9 Å². The van der Waals surface area contributed by atoms with E-state index in [1.165, 1.54) is 36.7 Å². The highest BCUT2D eigenvalue weighted by atomic mass is 32.2. The third kappa shape index (κ3) is 5.52. The predicted octanol–water partition coefficient (Wildman–Crippen LogP) is 5.30. The van der Waals surface area contributed by atoms with Gasteiger partial charge in [0.05, 0.1) is 15.8 Å². The number of imidazole rings is 1. The molecule has 34 heavy (non-hydrogen) atoms. The van der Waals surface area contributed by atoms with Crippen molar-refractivity contribution < 1.29 is 13.2 Å². The number of hydrogen-bond donors (Lipinski definition) is 1. The van der Waals surface area contributed by atoms with E-state index >= 15 is 0 Å². The Morgan fingerprint density at radius 3 is 2.29 bits per heavy atom. The highest BCUT2D eigenvalue weighted by molar-refractivity contribution is 8.00. The van der Waals surface area contributed by atoms with E-state index in [2.05, 4.69) is 16.8 Å². The number of hydrogen-bond acceptors (Lipinski definition) is 5. The minimum atomic E-state index is -3.48. The molecule has 1 saturated carbocycles. The van der Waals surface area contributed by atoms with Crippen LogP contribution < -0.4 is 5.32 Å². The zero-order chi connectivity index (χ0) is 24.3. The minimum absolute atomic E-state index is 0.120. The Morgan fingerprint density at radius 2 is 1.65 bits per heavy atom. The highest BCUT2D eigenvalue weighted by Gasteiger charge is 2.27. The van der Waals surface area contributed by atoms with Gasteiger partial charge in [0.15, 0.2) is 5.16 Å². The molecule has 1 N–H and O–H groups in total. The molecule has 1 saturated heterocycles. The van der Waals surface area contributed by atoms with Crippen LogP contribution in [0.15, 0.2) is 34.3 Å². The van der Waals surface area contributed by atoms with Crippen molar-refractivity contribution in [2.24, 2.45) is 0 Å². The van der Waals surface area contributed by atoms with E-state index in [4.69, 9.17) is 4.98 Å². The summed E-state index contributed by atoms with van der Waals surface area (Å²) in [6.07, 6.45) is 8.99. The zero-order valence-corrected chi connectivity index (χ0v) is 22.1. The Hall–Kier alpha value is -1.84. The number of nitrogens with zero attached hydrogens (tertiary/aromatic N) is 3. The van der Waals surface area contributed by atoms with Crippen LogP contribution in [-0.2, 0) is 14.8 Å². The van der Waals surface area contributed by atoms with Crippen LogP contribution in [0.5, 0.6) is 0 Å². The lowest BCUT2D eigenvalue weighted by Crippen LogP contribution is -2.35. The van der Waals surface area contributed by atoms with E-state index in [1.807, 2.05) is 13.8 Å². The number of anilines is 1. The third-order valence-electron chi connectivity index (χ3n) is 7.02. The summed E-state index contributed by atoms with van der Waals surface area (Å²) < 4.78 is 29.6. The molecule has 4 rings (SSSR count). The average molecular weight is 505 g/mol. The molecule has 1 aromatic carbocycles. The molecule has 1 aliphatic heterocycles. The molecule has 186 valence electrons. The van der Waals surface area contributed by atoms with Gasteiger partial charge in [-0.1, -0.05) is 37.4 Å². The molecule has 1 aromatic heterocycles. The van der Waals surface area contributed by atoms with Crippen LogP contribution in [0, 0.1) is 13.8 Å². The number of thioether (sulfide) groups is 1. The molecular formula is C25H36N4O3S2. The summed E-state index contributed by atoms with van der Waals surface area (Å²) in [7, 11) is -3.48. The fourth-order valence-corrected chi connectivity index (χ4v) is 7.46. The Balaban J connectivity index is 1.41. The van der Waals surface area contributed by atoms with Gasteiger partial charge in [0.25, 0.3) is 0 Å². The fourth-order valence-electron chi connectivity index (χ4n) is 4.87. The molecule has 2 heterocycles. The van der Waals surface area contributed by atoms with Crippen molar-refractivity contribution in [3.8, 4) is 0 Å². The summed E-state index contributed by atoms with van der Waals surface area (Å²) in [5, 5.41) is 3.51. The maximum Gasteiger partial charge on any atom is 0.243 e. The Morgan fingerprint density at radius 1 is 1.03 bits per heavy atom. The van der Waals surface area contributed by atoms with Gasteiger partial charge in [-0.25, -0.2) is 13.4 Å². The molecule has 2 aromatic rings. The number of aromatic nitrogens is 2. The topological polar surface area (TPSA) is 84.3 Å². The summed E-state index contributed by atoms with van der Waals surface area (Å²) in [5.41, 5.74) is 2.80. The lowest BCUT2D eigenvalue weighted by molar-refractivity contribution is -0.115. The molecular weight excluding hydrogens is 468 g/mol. The first-order valence-electron chi connectivity index (χ1n) is 12.4. The summed E-state index contributed by atoms with van der Waals surface area (Å²) in [6.45, 7) is 7.18. The van der Waals surface area contributed by atoms with E-state index in [1.54, 1.807) is 28.6 Å². The maximum absolute atomic E-state index is 12.9. The van der Waals surface area contributed by atoms with Gasteiger partial charge in [-0.2, -0.15) is 4.31 Å². The van der Waals surface area contributed by atoms with E-state index in [-0.39, 0.29) is 16.1 Å². The quantitative estimate of drug-likeness (QED) is 0.517. The number of amides is 1. The summed E-state index contributed by atoms with van der Waals surface area (Å²) in [4.78, 5) is 18.0. The van der Waals surface area contributed by atoms with Gasteiger partial charge < -0.3 is 9.88 Å². The van der Waals surface area contributed by atoms with Crippen molar-refractivity contribution in [2.75, 3.05) is 18.4 Å². The molecule has 0 radical (unpaired) electrons. The molecule has 9 heteroatoms. The average Bonchev–Trinajstić information content (AvgIpc) is 3.13. The predicted molar refractivity (Wildman–Crippen MR) is 137 cm³/mol. The van der Waals surface area contributed by atoms with Crippen molar-refractivity contribution in [3.05, 3.63) is 35.7 Å². The number of piperidine rings is 1. The smallest absolute Gasteiger partial charge is 0.243 e. The molecule has 1 amide bonds. The van der Waals surface area contributed by atoms with Gasteiger partial charge in [0, 0.05) is 30.5 Å². The molecule has 0 unspecified atom stereocenters. The Labute approximate surface area is 207 Å². The van der Waals surface area contributed by atoms with Crippen LogP contribution in [0.4, 0.5) is 5.69 Å². The van der Waals surface area contributed by atoms with Crippen LogP contribution in [0.2, 0.25) is 0 Å². The monoisotopic (exact) mass is 504 g/mol. The van der Waals surface area contributed by atoms with E-state index in [9.17, 15) is 13.2 Å². The number of aryl methyl sites for hydroxylation is 1. The van der Waals surface area contributed by atoms with Crippen LogP contribution >= 0.6 is 11.8 Å². The normalized spacial score (nSPS) is 19.1. The lowest BCUT2D eigenvalue weighted by atomic mass is 9.95. The molecule has 1 atom stereocenters. The van der Waals surface area contributed by atoms with Crippen molar-refractivity contribution >= 4 is 33.4 Å². The Kier molecular flexibility index (Phi) is 8.05. The first-order chi connectivity index (χ1) is 16.3. The minimum Gasteiger partial charge on any atom is -0.325 e. The second kappa shape index (κ2) is 10.8. The number of carbonyl (C=O) groups is 1. The van der Waals surface area contributed by atoms with Crippen LogP contribution in [0.3, 0.4) is 0 Å². The largest absolute Gasteiger partial charge is 0.325 e. The first-order valence-corrected chi connectivity index (χ1v) is 14.7. The molecule has 0 spiro atoms. The molecule has 0 bridgehead atoms. The standard InChI is InChI=1S/C25H36N4O3S2/c1-18-19(2)29(22-10-6-4-7-11-22)25(26-18)33-20(3)24(30)27-21-12-14-23(15-13-21)34(31,32)28-16-8-5-9-17-28/h12-15,20,22H,4-11,16-17H2,1-3H3,(H,27,30)/t20-/m1/s1. The van der Waals surface area contributed by atoms with E-state index in [0.717, 1.165) is 43.0 Å². The zero-order valence-electron chi connectivity index (χ0n) is 20.4. The van der Waals surface area contributed by atoms with Crippen molar-refractivity contribution in [1.82, 2.24) is 13.9 Å². The van der Waals surface area contributed by atoms with Crippen molar-refractivity contribution in [1.29, 1.82) is 0 Å². The van der Waals surface area contributed by atoms with Crippen LogP contribution in [0.1, 0.15) is 75.7 Å². The summed E-state index contributed by atoms with van der Waals surface area (Å²) >= 11 is 1.49.